The third-order valence-corrected chi connectivity index (χ3v) is 4.91. The van der Waals surface area contributed by atoms with Crippen LogP contribution in [0.5, 0.6) is 0 Å². The van der Waals surface area contributed by atoms with Gasteiger partial charge < -0.3 is 10.1 Å². The number of benzene rings is 1. The number of halogens is 1. The van der Waals surface area contributed by atoms with Gasteiger partial charge in [-0.15, -0.1) is 0 Å². The Morgan fingerprint density at radius 2 is 2.05 bits per heavy atom. The molecule has 3 heteroatoms. The molecule has 0 spiro atoms. The summed E-state index contributed by atoms with van der Waals surface area (Å²) >= 11 is 6.16. The van der Waals surface area contributed by atoms with Gasteiger partial charge in [0.25, 0.3) is 0 Å². The summed E-state index contributed by atoms with van der Waals surface area (Å²) in [6.07, 6.45) is 3.82. The van der Waals surface area contributed by atoms with E-state index in [1.54, 1.807) is 7.11 Å². The molecule has 1 N–H and O–H groups in total. The molecule has 2 aliphatic carbocycles. The Bertz CT molecular complexity index is 480. The van der Waals surface area contributed by atoms with E-state index in [-0.39, 0.29) is 5.41 Å². The zero-order valence-electron chi connectivity index (χ0n) is 11.9. The van der Waals surface area contributed by atoms with Crippen molar-refractivity contribution < 1.29 is 4.74 Å². The summed E-state index contributed by atoms with van der Waals surface area (Å²) in [7, 11) is 1.80. The molecule has 0 aromatic heterocycles. The van der Waals surface area contributed by atoms with Gasteiger partial charge >= 0.3 is 0 Å². The van der Waals surface area contributed by atoms with E-state index in [9.17, 15) is 0 Å². The highest BCUT2D eigenvalue weighted by molar-refractivity contribution is 6.30. The molecule has 1 atom stereocenters. The van der Waals surface area contributed by atoms with E-state index in [0.717, 1.165) is 24.3 Å². The van der Waals surface area contributed by atoms with Crippen molar-refractivity contribution in [2.24, 2.45) is 5.41 Å². The molecule has 1 aromatic carbocycles. The van der Waals surface area contributed by atoms with Crippen LogP contribution in [0.3, 0.4) is 0 Å². The minimum Gasteiger partial charge on any atom is -0.381 e. The van der Waals surface area contributed by atoms with Crippen LogP contribution in [0.2, 0.25) is 5.02 Å². The summed E-state index contributed by atoms with van der Waals surface area (Å²) in [5.74, 6) is 0. The Labute approximate surface area is 120 Å². The van der Waals surface area contributed by atoms with Crippen LogP contribution in [-0.4, -0.2) is 19.3 Å². The van der Waals surface area contributed by atoms with Gasteiger partial charge in [0, 0.05) is 24.2 Å². The predicted octanol–water partition coefficient (Wildman–Crippen LogP) is 3.73. The first-order valence-electron chi connectivity index (χ1n) is 7.07. The molecule has 0 aliphatic heterocycles. The normalized spacial score (nSPS) is 31.9. The first-order chi connectivity index (χ1) is 8.99. The molecular weight excluding hydrogens is 258 g/mol. The Hall–Kier alpha value is -0.570. The lowest BCUT2D eigenvalue weighted by atomic mass is 9.82. The van der Waals surface area contributed by atoms with Gasteiger partial charge in [-0.1, -0.05) is 31.5 Å². The third kappa shape index (κ3) is 2.42. The van der Waals surface area contributed by atoms with E-state index in [0.29, 0.717) is 18.2 Å². The summed E-state index contributed by atoms with van der Waals surface area (Å²) in [5, 5.41) is 4.65. The summed E-state index contributed by atoms with van der Waals surface area (Å²) in [4.78, 5) is 0. The molecule has 3 rings (SSSR count). The van der Waals surface area contributed by atoms with Gasteiger partial charge in [-0.2, -0.15) is 0 Å². The van der Waals surface area contributed by atoms with Crippen molar-refractivity contribution in [2.75, 3.05) is 7.11 Å². The molecule has 0 amide bonds. The van der Waals surface area contributed by atoms with Gasteiger partial charge in [-0.05, 0) is 47.9 Å². The van der Waals surface area contributed by atoms with Crippen molar-refractivity contribution >= 4 is 11.6 Å². The average molecular weight is 280 g/mol. The molecule has 0 radical (unpaired) electrons. The summed E-state index contributed by atoms with van der Waals surface area (Å²) in [6, 6.07) is 7.31. The molecule has 0 heterocycles. The second kappa shape index (κ2) is 4.76. The highest BCUT2D eigenvalue weighted by Crippen LogP contribution is 2.47. The summed E-state index contributed by atoms with van der Waals surface area (Å²) < 4.78 is 5.36. The minimum absolute atomic E-state index is 0.255. The topological polar surface area (TPSA) is 21.3 Å². The van der Waals surface area contributed by atoms with Crippen molar-refractivity contribution in [3.63, 3.8) is 0 Å². The molecule has 0 bridgehead atoms. The maximum atomic E-state index is 6.16. The van der Waals surface area contributed by atoms with E-state index in [1.807, 2.05) is 6.07 Å². The smallest absolute Gasteiger partial charge is 0.0601 e. The van der Waals surface area contributed by atoms with Crippen molar-refractivity contribution in [2.45, 2.75) is 51.3 Å². The van der Waals surface area contributed by atoms with Crippen LogP contribution in [-0.2, 0) is 11.2 Å². The largest absolute Gasteiger partial charge is 0.381 e. The minimum atomic E-state index is 0.255. The number of hydrogen-bond acceptors (Lipinski definition) is 2. The highest BCUT2D eigenvalue weighted by Gasteiger charge is 2.42. The van der Waals surface area contributed by atoms with E-state index in [1.165, 1.54) is 11.1 Å². The number of nitrogens with one attached hydrogen (secondary N) is 1. The van der Waals surface area contributed by atoms with Crippen LogP contribution in [0.4, 0.5) is 0 Å². The zero-order valence-corrected chi connectivity index (χ0v) is 12.6. The van der Waals surface area contributed by atoms with Crippen LogP contribution in [0, 0.1) is 5.41 Å². The van der Waals surface area contributed by atoms with Gasteiger partial charge in [0.1, 0.15) is 0 Å². The van der Waals surface area contributed by atoms with E-state index < -0.39 is 0 Å². The first kappa shape index (κ1) is 13.4. The monoisotopic (exact) mass is 279 g/mol. The fourth-order valence-corrected chi connectivity index (χ4v) is 3.64. The molecule has 19 heavy (non-hydrogen) atoms. The Balaban J connectivity index is 1.78. The predicted molar refractivity (Wildman–Crippen MR) is 78.6 cm³/mol. The molecule has 1 aromatic rings. The van der Waals surface area contributed by atoms with Crippen molar-refractivity contribution in [1.29, 1.82) is 0 Å². The van der Waals surface area contributed by atoms with Crippen molar-refractivity contribution in [3.8, 4) is 0 Å². The molecule has 1 unspecified atom stereocenters. The van der Waals surface area contributed by atoms with E-state index >= 15 is 0 Å². The van der Waals surface area contributed by atoms with Gasteiger partial charge in [0.05, 0.1) is 6.10 Å². The molecule has 2 nitrogen and oxygen atoms in total. The maximum Gasteiger partial charge on any atom is 0.0601 e. The fraction of sp³-hybridized carbons (Fsp3) is 0.625. The molecule has 104 valence electrons. The number of rotatable bonds is 3. The second-order valence-electron chi connectivity index (χ2n) is 6.63. The van der Waals surface area contributed by atoms with Gasteiger partial charge in [0.15, 0.2) is 0 Å². The second-order valence-corrected chi connectivity index (χ2v) is 7.07. The summed E-state index contributed by atoms with van der Waals surface area (Å²) in [5.41, 5.74) is 3.08. The van der Waals surface area contributed by atoms with Crippen LogP contribution in [0.25, 0.3) is 0 Å². The van der Waals surface area contributed by atoms with Crippen LogP contribution < -0.4 is 5.32 Å². The highest BCUT2D eigenvalue weighted by atomic mass is 35.5. The lowest BCUT2D eigenvalue weighted by Gasteiger charge is -2.40. The number of ether oxygens (including phenoxy) is 1. The van der Waals surface area contributed by atoms with Gasteiger partial charge in [-0.3, -0.25) is 0 Å². The van der Waals surface area contributed by atoms with E-state index in [2.05, 4.69) is 31.3 Å². The average Bonchev–Trinajstić information content (AvgIpc) is 2.53. The number of hydrogen-bond donors (Lipinski definition) is 1. The van der Waals surface area contributed by atoms with Crippen LogP contribution >= 0.6 is 11.6 Å². The van der Waals surface area contributed by atoms with Gasteiger partial charge in [-0.25, -0.2) is 0 Å². The Kier molecular flexibility index (Phi) is 3.36. The SMILES string of the molecule is COC1CC(NC2c3cc(Cl)ccc3CC2(C)C)C1. The Morgan fingerprint density at radius 1 is 1.32 bits per heavy atom. The van der Waals surface area contributed by atoms with Gasteiger partial charge in [0.2, 0.25) is 0 Å². The number of fused-ring (bicyclic) bond motifs is 1. The van der Waals surface area contributed by atoms with E-state index in [4.69, 9.17) is 16.3 Å². The molecule has 0 saturated heterocycles. The quantitative estimate of drug-likeness (QED) is 0.910. The molecule has 1 fully saturated rings. The zero-order chi connectivity index (χ0) is 13.6. The lowest BCUT2D eigenvalue weighted by molar-refractivity contribution is 0.00938. The molecule has 2 aliphatic rings. The number of methoxy groups -OCH3 is 1. The standard InChI is InChI=1S/C16H22ClNO/c1-16(2)9-10-4-5-11(17)6-14(10)15(16)18-12-7-13(8-12)19-3/h4-6,12-13,15,18H,7-9H2,1-3H3. The fourth-order valence-electron chi connectivity index (χ4n) is 3.45. The van der Waals surface area contributed by atoms with Crippen LogP contribution in [0.15, 0.2) is 18.2 Å². The van der Waals surface area contributed by atoms with Crippen molar-refractivity contribution in [3.05, 3.63) is 34.3 Å². The van der Waals surface area contributed by atoms with Crippen molar-refractivity contribution in [1.82, 2.24) is 5.32 Å². The summed E-state index contributed by atoms with van der Waals surface area (Å²) in [6.45, 7) is 4.68. The maximum absolute atomic E-state index is 6.16. The Morgan fingerprint density at radius 3 is 2.74 bits per heavy atom. The first-order valence-corrected chi connectivity index (χ1v) is 7.44. The lowest BCUT2D eigenvalue weighted by Crippen LogP contribution is -2.48. The third-order valence-electron chi connectivity index (χ3n) is 4.68. The molecule has 1 saturated carbocycles. The molecular formula is C16H22ClNO. The van der Waals surface area contributed by atoms with Crippen LogP contribution in [0.1, 0.15) is 43.9 Å².